The first-order chi connectivity index (χ1) is 11.5. The zero-order valence-electron chi connectivity index (χ0n) is 14.1. The number of ketones is 1. The molecule has 0 bridgehead atoms. The number of para-hydroxylation sites is 2. The maximum atomic E-state index is 12.4. The average molecular weight is 327 g/mol. The number of hydrogen-bond acceptors (Lipinski definition) is 4. The van der Waals surface area contributed by atoms with Crippen LogP contribution in [0.15, 0.2) is 42.5 Å². The first-order valence-corrected chi connectivity index (χ1v) is 7.74. The zero-order valence-corrected chi connectivity index (χ0v) is 14.1. The lowest BCUT2D eigenvalue weighted by Gasteiger charge is -2.13. The standard InChI is InChI=1S/C19H21NO4/c1-4-24-18-8-6-5-7-16(18)20-19(22)12-15-11-14(13(2)21)9-10-17(15)23-3/h5-11H,4,12H2,1-3H3,(H,20,22). The monoisotopic (exact) mass is 327 g/mol. The van der Waals surface area contributed by atoms with Gasteiger partial charge in [-0.25, -0.2) is 0 Å². The predicted octanol–water partition coefficient (Wildman–Crippen LogP) is 3.48. The van der Waals surface area contributed by atoms with Crippen LogP contribution in [0.2, 0.25) is 0 Å². The number of rotatable bonds is 7. The molecule has 1 N–H and O–H groups in total. The van der Waals surface area contributed by atoms with E-state index in [-0.39, 0.29) is 18.1 Å². The van der Waals surface area contributed by atoms with Gasteiger partial charge in [-0.3, -0.25) is 9.59 Å². The SMILES string of the molecule is CCOc1ccccc1NC(=O)Cc1cc(C(C)=O)ccc1OC. The largest absolute Gasteiger partial charge is 0.496 e. The predicted molar refractivity (Wildman–Crippen MR) is 92.9 cm³/mol. The van der Waals surface area contributed by atoms with E-state index in [0.717, 1.165) is 0 Å². The third-order valence-corrected chi connectivity index (χ3v) is 3.50. The highest BCUT2D eigenvalue weighted by Gasteiger charge is 2.13. The summed E-state index contributed by atoms with van der Waals surface area (Å²) in [7, 11) is 1.54. The Morgan fingerprint density at radius 2 is 1.83 bits per heavy atom. The third-order valence-electron chi connectivity index (χ3n) is 3.50. The zero-order chi connectivity index (χ0) is 17.5. The molecule has 0 spiro atoms. The molecule has 0 aromatic heterocycles. The number of Topliss-reactive ketones (excluding diaryl/α,β-unsaturated/α-hetero) is 1. The number of anilines is 1. The topological polar surface area (TPSA) is 64.6 Å². The van der Waals surface area contributed by atoms with E-state index < -0.39 is 0 Å². The Labute approximate surface area is 141 Å². The highest BCUT2D eigenvalue weighted by atomic mass is 16.5. The number of methoxy groups -OCH3 is 1. The Morgan fingerprint density at radius 3 is 2.50 bits per heavy atom. The van der Waals surface area contributed by atoms with Gasteiger partial charge in [-0.2, -0.15) is 0 Å². The van der Waals surface area contributed by atoms with Crippen LogP contribution in [0.5, 0.6) is 11.5 Å². The summed E-state index contributed by atoms with van der Waals surface area (Å²) in [6, 6.07) is 12.3. The Balaban J connectivity index is 2.18. The molecule has 2 aromatic carbocycles. The summed E-state index contributed by atoms with van der Waals surface area (Å²) in [6.45, 7) is 3.89. The number of nitrogens with one attached hydrogen (secondary N) is 1. The van der Waals surface area contributed by atoms with Gasteiger partial charge in [-0.1, -0.05) is 12.1 Å². The van der Waals surface area contributed by atoms with Gasteiger partial charge in [-0.15, -0.1) is 0 Å². The van der Waals surface area contributed by atoms with Crippen LogP contribution in [0.3, 0.4) is 0 Å². The molecule has 2 aromatic rings. The summed E-state index contributed by atoms with van der Waals surface area (Å²) in [6.07, 6.45) is 0.102. The first-order valence-electron chi connectivity index (χ1n) is 7.74. The molecule has 126 valence electrons. The second-order valence-corrected chi connectivity index (χ2v) is 5.24. The number of amides is 1. The second kappa shape index (κ2) is 8.15. The minimum absolute atomic E-state index is 0.0546. The van der Waals surface area contributed by atoms with Crippen molar-refractivity contribution < 1.29 is 19.1 Å². The van der Waals surface area contributed by atoms with Crippen molar-refractivity contribution in [3.63, 3.8) is 0 Å². The fraction of sp³-hybridized carbons (Fsp3) is 0.263. The van der Waals surface area contributed by atoms with Gasteiger partial charge in [0.2, 0.25) is 5.91 Å². The molecule has 24 heavy (non-hydrogen) atoms. The van der Waals surface area contributed by atoms with Crippen molar-refractivity contribution in [2.45, 2.75) is 20.3 Å². The normalized spacial score (nSPS) is 10.1. The lowest BCUT2D eigenvalue weighted by Crippen LogP contribution is -2.16. The second-order valence-electron chi connectivity index (χ2n) is 5.24. The fourth-order valence-electron chi connectivity index (χ4n) is 2.35. The molecule has 5 nitrogen and oxygen atoms in total. The molecular weight excluding hydrogens is 306 g/mol. The molecule has 5 heteroatoms. The van der Waals surface area contributed by atoms with Crippen LogP contribution in [0, 0.1) is 0 Å². The Kier molecular flexibility index (Phi) is 5.95. The van der Waals surface area contributed by atoms with Crippen LogP contribution in [0.4, 0.5) is 5.69 Å². The van der Waals surface area contributed by atoms with Gasteiger partial charge in [-0.05, 0) is 44.2 Å². The van der Waals surface area contributed by atoms with Crippen LogP contribution in [0.1, 0.15) is 29.8 Å². The van der Waals surface area contributed by atoms with Gasteiger partial charge in [0.1, 0.15) is 11.5 Å². The van der Waals surface area contributed by atoms with Crippen molar-refractivity contribution in [2.75, 3.05) is 19.0 Å². The van der Waals surface area contributed by atoms with Crippen molar-refractivity contribution in [1.29, 1.82) is 0 Å². The van der Waals surface area contributed by atoms with E-state index in [1.807, 2.05) is 19.1 Å². The summed E-state index contributed by atoms with van der Waals surface area (Å²) in [5, 5.41) is 2.84. The first kappa shape index (κ1) is 17.5. The molecule has 0 radical (unpaired) electrons. The molecule has 0 aliphatic carbocycles. The fourth-order valence-corrected chi connectivity index (χ4v) is 2.35. The van der Waals surface area contributed by atoms with Crippen LogP contribution >= 0.6 is 0 Å². The average Bonchev–Trinajstić information content (AvgIpc) is 2.56. The van der Waals surface area contributed by atoms with Crippen LogP contribution in [0.25, 0.3) is 0 Å². The minimum atomic E-state index is -0.207. The number of hydrogen-bond donors (Lipinski definition) is 1. The molecule has 0 unspecified atom stereocenters. The van der Waals surface area contributed by atoms with E-state index in [2.05, 4.69) is 5.32 Å². The maximum Gasteiger partial charge on any atom is 0.229 e. The van der Waals surface area contributed by atoms with Crippen molar-refractivity contribution in [1.82, 2.24) is 0 Å². The van der Waals surface area contributed by atoms with E-state index in [4.69, 9.17) is 9.47 Å². The van der Waals surface area contributed by atoms with E-state index in [1.165, 1.54) is 14.0 Å². The molecule has 0 heterocycles. The van der Waals surface area contributed by atoms with E-state index in [0.29, 0.717) is 34.9 Å². The molecule has 2 rings (SSSR count). The number of ether oxygens (including phenoxy) is 2. The lowest BCUT2D eigenvalue weighted by atomic mass is 10.0. The molecule has 0 aliphatic rings. The molecule has 0 saturated heterocycles. The Hall–Kier alpha value is -2.82. The number of carbonyl (C=O) groups excluding carboxylic acids is 2. The van der Waals surface area contributed by atoms with E-state index in [1.54, 1.807) is 30.3 Å². The Bertz CT molecular complexity index is 740. The molecule has 0 fully saturated rings. The van der Waals surface area contributed by atoms with E-state index >= 15 is 0 Å². The summed E-state index contributed by atoms with van der Waals surface area (Å²) < 4.78 is 10.8. The number of carbonyl (C=O) groups is 2. The summed E-state index contributed by atoms with van der Waals surface area (Å²) in [4.78, 5) is 23.9. The quantitative estimate of drug-likeness (QED) is 0.791. The number of benzene rings is 2. The summed E-state index contributed by atoms with van der Waals surface area (Å²) >= 11 is 0. The Morgan fingerprint density at radius 1 is 1.08 bits per heavy atom. The van der Waals surface area contributed by atoms with Crippen LogP contribution < -0.4 is 14.8 Å². The van der Waals surface area contributed by atoms with Crippen LogP contribution in [-0.4, -0.2) is 25.4 Å². The molecule has 0 aliphatic heterocycles. The van der Waals surface area contributed by atoms with Crippen molar-refractivity contribution in [3.8, 4) is 11.5 Å². The van der Waals surface area contributed by atoms with Gasteiger partial charge in [0.15, 0.2) is 5.78 Å². The summed E-state index contributed by atoms with van der Waals surface area (Å²) in [5.41, 5.74) is 1.83. The molecule has 1 amide bonds. The van der Waals surface area contributed by atoms with Gasteiger partial charge in [0.05, 0.1) is 25.8 Å². The molecule has 0 atom stereocenters. The molecule has 0 saturated carbocycles. The van der Waals surface area contributed by atoms with Crippen molar-refractivity contribution in [3.05, 3.63) is 53.6 Å². The maximum absolute atomic E-state index is 12.4. The summed E-state index contributed by atoms with van der Waals surface area (Å²) in [5.74, 6) is 0.938. The minimum Gasteiger partial charge on any atom is -0.496 e. The highest BCUT2D eigenvalue weighted by molar-refractivity contribution is 5.96. The van der Waals surface area contributed by atoms with E-state index in [9.17, 15) is 9.59 Å². The van der Waals surface area contributed by atoms with Crippen molar-refractivity contribution >= 4 is 17.4 Å². The van der Waals surface area contributed by atoms with Crippen LogP contribution in [-0.2, 0) is 11.2 Å². The highest BCUT2D eigenvalue weighted by Crippen LogP contribution is 2.25. The molecular formula is C19H21NO4. The van der Waals surface area contributed by atoms with Gasteiger partial charge in [0, 0.05) is 11.1 Å². The van der Waals surface area contributed by atoms with Gasteiger partial charge >= 0.3 is 0 Å². The van der Waals surface area contributed by atoms with Gasteiger partial charge in [0.25, 0.3) is 0 Å². The smallest absolute Gasteiger partial charge is 0.229 e. The lowest BCUT2D eigenvalue weighted by molar-refractivity contribution is -0.115. The van der Waals surface area contributed by atoms with Gasteiger partial charge < -0.3 is 14.8 Å². The third kappa shape index (κ3) is 4.35. The van der Waals surface area contributed by atoms with Crippen molar-refractivity contribution in [2.24, 2.45) is 0 Å².